The van der Waals surface area contributed by atoms with Crippen molar-refractivity contribution >= 4 is 17.6 Å². The summed E-state index contributed by atoms with van der Waals surface area (Å²) in [6.45, 7) is 5.44. The third-order valence-corrected chi connectivity index (χ3v) is 4.14. The smallest absolute Gasteiger partial charge is 0.269 e. The molecule has 0 spiro atoms. The number of fused-ring (bicyclic) bond motifs is 1. The predicted octanol–water partition coefficient (Wildman–Crippen LogP) is 3.14. The van der Waals surface area contributed by atoms with Crippen LogP contribution in [0.15, 0.2) is 65.6 Å². The maximum absolute atomic E-state index is 13.2. The van der Waals surface area contributed by atoms with Gasteiger partial charge in [0.15, 0.2) is 0 Å². The molecular weight excluding hydrogens is 387 g/mol. The largest absolute Gasteiger partial charge is 0.438 e. The minimum atomic E-state index is -0.668. The lowest BCUT2D eigenvalue weighted by atomic mass is 10.1. The number of hydrogen-bond acceptors (Lipinski definition) is 5. The first-order chi connectivity index (χ1) is 14.4. The Hall–Kier alpha value is -4.25. The van der Waals surface area contributed by atoms with Crippen molar-refractivity contribution in [2.24, 2.45) is 0 Å². The molecule has 0 aliphatic carbocycles. The standard InChI is InChI=1S/C22H17FN4O3/c1-3-10-25-20(28)15(13-24)12-18-21(30-17-8-6-16(23)7-9-17)26-19-14(2)5-4-11-27(19)22(18)29/h3-9,11-12H,1,10H2,2H3,(H,25,28). The molecule has 2 heterocycles. The maximum Gasteiger partial charge on any atom is 0.269 e. The van der Waals surface area contributed by atoms with E-state index in [1.54, 1.807) is 25.1 Å². The van der Waals surface area contributed by atoms with Gasteiger partial charge in [-0.15, -0.1) is 6.58 Å². The first kappa shape index (κ1) is 20.5. The van der Waals surface area contributed by atoms with E-state index in [0.717, 1.165) is 11.6 Å². The van der Waals surface area contributed by atoms with Crippen molar-refractivity contribution in [2.75, 3.05) is 6.54 Å². The van der Waals surface area contributed by atoms with E-state index in [2.05, 4.69) is 16.9 Å². The second-order valence-corrected chi connectivity index (χ2v) is 6.25. The van der Waals surface area contributed by atoms with Crippen LogP contribution in [0.2, 0.25) is 0 Å². The van der Waals surface area contributed by atoms with Crippen molar-refractivity contribution in [3.05, 3.63) is 88.1 Å². The zero-order valence-electron chi connectivity index (χ0n) is 16.1. The number of nitriles is 1. The van der Waals surface area contributed by atoms with E-state index < -0.39 is 17.3 Å². The summed E-state index contributed by atoms with van der Waals surface area (Å²) in [6, 6.07) is 10.4. The van der Waals surface area contributed by atoms with Gasteiger partial charge >= 0.3 is 0 Å². The van der Waals surface area contributed by atoms with E-state index in [-0.39, 0.29) is 29.3 Å². The normalized spacial score (nSPS) is 11.0. The van der Waals surface area contributed by atoms with Gasteiger partial charge in [-0.2, -0.15) is 10.2 Å². The number of hydrogen-bond donors (Lipinski definition) is 1. The van der Waals surface area contributed by atoms with Crippen LogP contribution in [0.3, 0.4) is 0 Å². The summed E-state index contributed by atoms with van der Waals surface area (Å²) < 4.78 is 20.2. The molecule has 0 unspecified atom stereocenters. The minimum absolute atomic E-state index is 0.0901. The molecule has 1 amide bonds. The average Bonchev–Trinajstić information content (AvgIpc) is 2.74. The molecule has 0 saturated heterocycles. The number of carbonyl (C=O) groups is 1. The van der Waals surface area contributed by atoms with Crippen molar-refractivity contribution in [3.63, 3.8) is 0 Å². The lowest BCUT2D eigenvalue weighted by Crippen LogP contribution is -2.25. The van der Waals surface area contributed by atoms with Gasteiger partial charge in [0, 0.05) is 12.7 Å². The highest BCUT2D eigenvalue weighted by Crippen LogP contribution is 2.25. The Bertz CT molecular complexity index is 1250. The summed E-state index contributed by atoms with van der Waals surface area (Å²) in [5.74, 6) is -0.981. The molecule has 150 valence electrons. The number of aryl methyl sites for hydroxylation is 1. The van der Waals surface area contributed by atoms with Crippen molar-refractivity contribution in [2.45, 2.75) is 6.92 Å². The van der Waals surface area contributed by atoms with Crippen molar-refractivity contribution < 1.29 is 13.9 Å². The summed E-state index contributed by atoms with van der Waals surface area (Å²) in [4.78, 5) is 29.7. The van der Waals surface area contributed by atoms with E-state index in [1.165, 1.54) is 40.9 Å². The van der Waals surface area contributed by atoms with Crippen LogP contribution in [0.4, 0.5) is 4.39 Å². The van der Waals surface area contributed by atoms with E-state index in [9.17, 15) is 19.2 Å². The molecule has 8 heteroatoms. The number of ether oxygens (including phenoxy) is 1. The lowest BCUT2D eigenvalue weighted by molar-refractivity contribution is -0.116. The van der Waals surface area contributed by atoms with Crippen molar-refractivity contribution in [3.8, 4) is 17.7 Å². The van der Waals surface area contributed by atoms with Crippen molar-refractivity contribution in [1.82, 2.24) is 14.7 Å². The molecule has 0 bridgehead atoms. The Morgan fingerprint density at radius 1 is 1.37 bits per heavy atom. The molecule has 0 atom stereocenters. The molecule has 0 radical (unpaired) electrons. The van der Waals surface area contributed by atoms with Crippen LogP contribution in [-0.2, 0) is 4.79 Å². The molecule has 3 aromatic rings. The maximum atomic E-state index is 13.2. The number of carbonyl (C=O) groups excluding carboxylic acids is 1. The summed E-state index contributed by atoms with van der Waals surface area (Å²) in [7, 11) is 0. The number of nitrogens with zero attached hydrogens (tertiary/aromatic N) is 3. The zero-order chi connectivity index (χ0) is 21.7. The highest BCUT2D eigenvalue weighted by molar-refractivity contribution is 6.02. The van der Waals surface area contributed by atoms with E-state index in [4.69, 9.17) is 4.74 Å². The Kier molecular flexibility index (Phi) is 6.03. The fraction of sp³-hybridized carbons (Fsp3) is 0.0909. The molecule has 0 aliphatic rings. The van der Waals surface area contributed by atoms with Gasteiger partial charge in [-0.05, 0) is 48.9 Å². The lowest BCUT2D eigenvalue weighted by Gasteiger charge is -2.11. The first-order valence-electron chi connectivity index (χ1n) is 8.91. The van der Waals surface area contributed by atoms with Crippen LogP contribution >= 0.6 is 0 Å². The summed E-state index contributed by atoms with van der Waals surface area (Å²) in [6.07, 6.45) is 4.12. The Balaban J connectivity index is 2.21. The first-order valence-corrected chi connectivity index (χ1v) is 8.91. The van der Waals surface area contributed by atoms with Crippen molar-refractivity contribution in [1.29, 1.82) is 5.26 Å². The van der Waals surface area contributed by atoms with Crippen LogP contribution in [0.25, 0.3) is 11.7 Å². The average molecular weight is 404 g/mol. The number of benzene rings is 1. The summed E-state index contributed by atoms with van der Waals surface area (Å²) in [5.41, 5.74) is 0.162. The molecule has 7 nitrogen and oxygen atoms in total. The third kappa shape index (κ3) is 4.25. The summed E-state index contributed by atoms with van der Waals surface area (Å²) in [5, 5.41) is 11.9. The van der Waals surface area contributed by atoms with E-state index in [1.807, 2.05) is 0 Å². The number of pyridine rings is 1. The third-order valence-electron chi connectivity index (χ3n) is 4.14. The van der Waals surface area contributed by atoms with Gasteiger partial charge in [-0.25, -0.2) is 4.39 Å². The number of amides is 1. The fourth-order valence-electron chi connectivity index (χ4n) is 2.66. The molecule has 0 aliphatic heterocycles. The highest BCUT2D eigenvalue weighted by atomic mass is 19.1. The molecule has 2 aromatic heterocycles. The molecule has 0 fully saturated rings. The van der Waals surface area contributed by atoms with E-state index >= 15 is 0 Å². The number of rotatable bonds is 6. The molecule has 30 heavy (non-hydrogen) atoms. The van der Waals surface area contributed by atoms with Gasteiger partial charge in [0.25, 0.3) is 11.5 Å². The number of nitrogens with one attached hydrogen (secondary N) is 1. The quantitative estimate of drug-likeness (QED) is 0.387. The second-order valence-electron chi connectivity index (χ2n) is 6.25. The Morgan fingerprint density at radius 3 is 2.77 bits per heavy atom. The van der Waals surface area contributed by atoms with E-state index in [0.29, 0.717) is 5.65 Å². The number of aromatic nitrogens is 2. The molecule has 0 saturated carbocycles. The van der Waals surface area contributed by atoms with Gasteiger partial charge in [0.2, 0.25) is 5.88 Å². The predicted molar refractivity (Wildman–Crippen MR) is 109 cm³/mol. The monoisotopic (exact) mass is 404 g/mol. The van der Waals surface area contributed by atoms with Gasteiger partial charge in [-0.1, -0.05) is 12.1 Å². The fourth-order valence-corrected chi connectivity index (χ4v) is 2.66. The van der Waals surface area contributed by atoms with Gasteiger partial charge < -0.3 is 10.1 Å². The highest BCUT2D eigenvalue weighted by Gasteiger charge is 2.17. The minimum Gasteiger partial charge on any atom is -0.438 e. The summed E-state index contributed by atoms with van der Waals surface area (Å²) >= 11 is 0. The van der Waals surface area contributed by atoms with Crippen LogP contribution < -0.4 is 15.6 Å². The molecular formula is C22H17FN4O3. The zero-order valence-corrected chi connectivity index (χ0v) is 16.1. The Morgan fingerprint density at radius 2 is 2.10 bits per heavy atom. The molecule has 3 rings (SSSR count). The molecule has 1 N–H and O–H groups in total. The van der Waals surface area contributed by atoms with Crippen LogP contribution in [0.1, 0.15) is 11.1 Å². The Labute approximate surface area is 171 Å². The number of halogens is 1. The molecule has 1 aromatic carbocycles. The topological polar surface area (TPSA) is 96.5 Å². The van der Waals surface area contributed by atoms with Crippen LogP contribution in [0, 0.1) is 24.1 Å². The van der Waals surface area contributed by atoms with Gasteiger partial charge in [0.1, 0.15) is 34.4 Å². The second kappa shape index (κ2) is 8.84. The van der Waals surface area contributed by atoms with Gasteiger partial charge in [0.05, 0.1) is 0 Å². The van der Waals surface area contributed by atoms with Crippen LogP contribution in [-0.4, -0.2) is 21.8 Å². The van der Waals surface area contributed by atoms with Gasteiger partial charge in [-0.3, -0.25) is 14.0 Å². The SMILES string of the molecule is C=CCNC(=O)C(C#N)=Cc1c(Oc2ccc(F)cc2)nc2c(C)cccn2c1=O. The van der Waals surface area contributed by atoms with Crippen LogP contribution in [0.5, 0.6) is 11.6 Å².